The van der Waals surface area contributed by atoms with Gasteiger partial charge in [-0.25, -0.2) is 0 Å². The van der Waals surface area contributed by atoms with E-state index in [4.69, 9.17) is 4.74 Å². The molecule has 0 aromatic rings. The Kier molecular flexibility index (Phi) is 9.92. The summed E-state index contributed by atoms with van der Waals surface area (Å²) >= 11 is 4.05. The molecule has 1 fully saturated rings. The van der Waals surface area contributed by atoms with Crippen molar-refractivity contribution >= 4 is 29.5 Å². The Balaban J connectivity index is 2.27. The standard InChI is InChI=1S/C17H32O3S2/c1-12(2)14(18)11-15(13(3)4)20-16(19)7-5-8-17-21-9-6-10-22-17/h12-15,17-18H,5-11H2,1-4H3/t14-,15-/m0/s1. The minimum absolute atomic E-state index is 0.111. The minimum atomic E-state index is -0.407. The lowest BCUT2D eigenvalue weighted by molar-refractivity contribution is -0.153. The molecule has 0 saturated carbocycles. The summed E-state index contributed by atoms with van der Waals surface area (Å²) in [4.78, 5) is 12.0. The number of rotatable bonds is 9. The van der Waals surface area contributed by atoms with Crippen LogP contribution < -0.4 is 0 Å². The molecule has 0 radical (unpaired) electrons. The largest absolute Gasteiger partial charge is 0.462 e. The van der Waals surface area contributed by atoms with Gasteiger partial charge >= 0.3 is 5.97 Å². The van der Waals surface area contributed by atoms with E-state index >= 15 is 0 Å². The van der Waals surface area contributed by atoms with E-state index in [1.165, 1.54) is 17.9 Å². The van der Waals surface area contributed by atoms with Crippen molar-refractivity contribution in [2.75, 3.05) is 11.5 Å². The maximum absolute atomic E-state index is 12.0. The molecule has 1 aliphatic rings. The maximum Gasteiger partial charge on any atom is 0.306 e. The number of carbonyl (C=O) groups is 1. The van der Waals surface area contributed by atoms with E-state index in [0.717, 1.165) is 12.8 Å². The van der Waals surface area contributed by atoms with Crippen LogP contribution in [-0.2, 0) is 9.53 Å². The monoisotopic (exact) mass is 348 g/mol. The van der Waals surface area contributed by atoms with Crippen LogP contribution in [0.25, 0.3) is 0 Å². The van der Waals surface area contributed by atoms with Crippen molar-refractivity contribution in [1.82, 2.24) is 0 Å². The Morgan fingerprint density at radius 2 is 1.82 bits per heavy atom. The van der Waals surface area contributed by atoms with Crippen molar-refractivity contribution in [2.45, 2.75) is 76.6 Å². The number of hydrogen-bond donors (Lipinski definition) is 1. The third-order valence-electron chi connectivity index (χ3n) is 3.99. The number of aliphatic hydroxyl groups is 1. The van der Waals surface area contributed by atoms with Crippen LogP contribution in [0.3, 0.4) is 0 Å². The fourth-order valence-electron chi connectivity index (χ4n) is 2.31. The van der Waals surface area contributed by atoms with Crippen LogP contribution >= 0.6 is 23.5 Å². The zero-order valence-electron chi connectivity index (χ0n) is 14.4. The molecule has 3 nitrogen and oxygen atoms in total. The average molecular weight is 349 g/mol. The van der Waals surface area contributed by atoms with Crippen molar-refractivity contribution < 1.29 is 14.6 Å². The highest BCUT2D eigenvalue weighted by Crippen LogP contribution is 2.34. The van der Waals surface area contributed by atoms with E-state index in [1.807, 2.05) is 51.2 Å². The van der Waals surface area contributed by atoms with Gasteiger partial charge in [-0.1, -0.05) is 27.7 Å². The molecule has 1 N–H and O–H groups in total. The Bertz CT molecular complexity index is 315. The first-order valence-electron chi connectivity index (χ1n) is 8.51. The molecule has 0 bridgehead atoms. The lowest BCUT2D eigenvalue weighted by Crippen LogP contribution is -2.30. The molecule has 0 amide bonds. The summed E-state index contributed by atoms with van der Waals surface area (Å²) in [5.74, 6) is 2.83. The van der Waals surface area contributed by atoms with Gasteiger partial charge in [0.2, 0.25) is 0 Å². The van der Waals surface area contributed by atoms with Crippen LogP contribution in [0.2, 0.25) is 0 Å². The molecule has 1 heterocycles. The Hall–Kier alpha value is 0.130. The summed E-state index contributed by atoms with van der Waals surface area (Å²) < 4.78 is 6.27. The third kappa shape index (κ3) is 8.11. The molecule has 0 aromatic heterocycles. The zero-order chi connectivity index (χ0) is 16.5. The van der Waals surface area contributed by atoms with Crippen LogP contribution in [-0.4, -0.2) is 39.4 Å². The summed E-state index contributed by atoms with van der Waals surface area (Å²) in [6.45, 7) is 8.06. The van der Waals surface area contributed by atoms with E-state index in [1.54, 1.807) is 0 Å². The van der Waals surface area contributed by atoms with Crippen molar-refractivity contribution in [3.63, 3.8) is 0 Å². The molecule has 5 heteroatoms. The molecular weight excluding hydrogens is 316 g/mol. The van der Waals surface area contributed by atoms with E-state index in [-0.39, 0.29) is 23.9 Å². The Labute approximate surface area is 144 Å². The third-order valence-corrected chi connectivity index (χ3v) is 7.07. The van der Waals surface area contributed by atoms with Gasteiger partial charge in [0.25, 0.3) is 0 Å². The maximum atomic E-state index is 12.0. The van der Waals surface area contributed by atoms with E-state index < -0.39 is 6.10 Å². The van der Waals surface area contributed by atoms with Gasteiger partial charge in [-0.15, -0.1) is 23.5 Å². The quantitative estimate of drug-likeness (QED) is 0.629. The predicted octanol–water partition coefficient (Wildman–Crippen LogP) is 4.33. The molecular formula is C17H32O3S2. The van der Waals surface area contributed by atoms with Crippen LogP contribution in [0.1, 0.15) is 59.8 Å². The van der Waals surface area contributed by atoms with Crippen LogP contribution in [0, 0.1) is 11.8 Å². The topological polar surface area (TPSA) is 46.5 Å². The zero-order valence-corrected chi connectivity index (χ0v) is 16.0. The van der Waals surface area contributed by atoms with Gasteiger partial charge in [0.15, 0.2) is 0 Å². The molecule has 1 aliphatic heterocycles. The Morgan fingerprint density at radius 1 is 1.18 bits per heavy atom. The summed E-state index contributed by atoms with van der Waals surface area (Å²) in [5, 5.41) is 10.0. The van der Waals surface area contributed by atoms with E-state index in [9.17, 15) is 9.90 Å². The number of carbonyl (C=O) groups excluding carboxylic acids is 1. The molecule has 0 spiro atoms. The second kappa shape index (κ2) is 10.8. The van der Waals surface area contributed by atoms with E-state index in [2.05, 4.69) is 0 Å². The molecule has 0 aliphatic carbocycles. The van der Waals surface area contributed by atoms with Gasteiger partial charge in [-0.05, 0) is 42.6 Å². The fourth-order valence-corrected chi connectivity index (χ4v) is 5.27. The normalized spacial score (nSPS) is 19.4. The highest BCUT2D eigenvalue weighted by atomic mass is 32.2. The number of ether oxygens (including phenoxy) is 1. The van der Waals surface area contributed by atoms with Gasteiger partial charge < -0.3 is 9.84 Å². The summed E-state index contributed by atoms with van der Waals surface area (Å²) in [7, 11) is 0. The lowest BCUT2D eigenvalue weighted by Gasteiger charge is -2.26. The molecule has 1 saturated heterocycles. The molecule has 22 heavy (non-hydrogen) atoms. The predicted molar refractivity (Wildman–Crippen MR) is 97.4 cm³/mol. The second-order valence-corrected chi connectivity index (χ2v) is 9.66. The van der Waals surface area contributed by atoms with Gasteiger partial charge in [-0.3, -0.25) is 4.79 Å². The highest BCUT2D eigenvalue weighted by Gasteiger charge is 2.23. The van der Waals surface area contributed by atoms with Gasteiger partial charge in [0.05, 0.1) is 10.7 Å². The number of aliphatic hydroxyl groups excluding tert-OH is 1. The van der Waals surface area contributed by atoms with Crippen molar-refractivity contribution in [1.29, 1.82) is 0 Å². The van der Waals surface area contributed by atoms with Crippen LogP contribution in [0.5, 0.6) is 0 Å². The molecule has 0 unspecified atom stereocenters. The number of hydrogen-bond acceptors (Lipinski definition) is 5. The van der Waals surface area contributed by atoms with Gasteiger partial charge in [0, 0.05) is 12.8 Å². The summed E-state index contributed by atoms with van der Waals surface area (Å²) in [5.41, 5.74) is 0. The average Bonchev–Trinajstić information content (AvgIpc) is 2.47. The molecule has 2 atom stereocenters. The Morgan fingerprint density at radius 3 is 2.36 bits per heavy atom. The SMILES string of the molecule is CC(C)[C@H](C[C@H](O)C(C)C)OC(=O)CCCC1SCCCS1. The van der Waals surface area contributed by atoms with Crippen molar-refractivity contribution in [3.8, 4) is 0 Å². The van der Waals surface area contributed by atoms with E-state index in [0.29, 0.717) is 17.4 Å². The number of thioether (sulfide) groups is 2. The fraction of sp³-hybridized carbons (Fsp3) is 0.941. The first kappa shape index (κ1) is 20.2. The molecule has 1 rings (SSSR count). The first-order chi connectivity index (χ1) is 10.4. The van der Waals surface area contributed by atoms with Crippen LogP contribution in [0.15, 0.2) is 0 Å². The summed E-state index contributed by atoms with van der Waals surface area (Å²) in [6.07, 6.45) is 3.75. The first-order valence-corrected chi connectivity index (χ1v) is 10.6. The van der Waals surface area contributed by atoms with Gasteiger partial charge in [-0.2, -0.15) is 0 Å². The molecule has 0 aromatic carbocycles. The lowest BCUT2D eigenvalue weighted by atomic mass is 9.95. The van der Waals surface area contributed by atoms with Crippen molar-refractivity contribution in [2.24, 2.45) is 11.8 Å². The van der Waals surface area contributed by atoms with Crippen molar-refractivity contribution in [3.05, 3.63) is 0 Å². The van der Waals surface area contributed by atoms with Crippen LogP contribution in [0.4, 0.5) is 0 Å². The smallest absolute Gasteiger partial charge is 0.306 e. The molecule has 130 valence electrons. The van der Waals surface area contributed by atoms with Gasteiger partial charge in [0.1, 0.15) is 6.10 Å². The number of esters is 1. The second-order valence-electron chi connectivity index (χ2n) is 6.74. The summed E-state index contributed by atoms with van der Waals surface area (Å²) in [6, 6.07) is 0. The minimum Gasteiger partial charge on any atom is -0.462 e. The highest BCUT2D eigenvalue weighted by molar-refractivity contribution is 8.17.